The number of carbonyl (C=O) groups excluding carboxylic acids is 1. The fraction of sp³-hybridized carbons (Fsp3) is 0.316. The second kappa shape index (κ2) is 7.37. The summed E-state index contributed by atoms with van der Waals surface area (Å²) in [6.07, 6.45) is 2.59. The van der Waals surface area contributed by atoms with Crippen LogP contribution in [0.15, 0.2) is 59.5 Å². The third-order valence-electron chi connectivity index (χ3n) is 4.71. The van der Waals surface area contributed by atoms with E-state index in [-0.39, 0.29) is 10.5 Å². The van der Waals surface area contributed by atoms with Crippen LogP contribution in [0.4, 0.5) is 0 Å². The fourth-order valence-corrected chi connectivity index (χ4v) is 5.00. The van der Waals surface area contributed by atoms with Crippen molar-refractivity contribution in [1.82, 2.24) is 4.31 Å². The van der Waals surface area contributed by atoms with Gasteiger partial charge in [-0.05, 0) is 42.9 Å². The maximum Gasteiger partial charge on any atom is 0.250 e. The molecule has 1 fully saturated rings. The lowest BCUT2D eigenvalue weighted by Gasteiger charge is -2.31. The Labute approximate surface area is 148 Å². The van der Waals surface area contributed by atoms with Gasteiger partial charge >= 0.3 is 0 Å². The monoisotopic (exact) mass is 358 g/mol. The Morgan fingerprint density at radius 1 is 1.00 bits per heavy atom. The Morgan fingerprint density at radius 3 is 2.24 bits per heavy atom. The van der Waals surface area contributed by atoms with Crippen molar-refractivity contribution in [1.29, 1.82) is 0 Å². The summed E-state index contributed by atoms with van der Waals surface area (Å²) >= 11 is 0. The van der Waals surface area contributed by atoms with E-state index in [0.29, 0.717) is 19.0 Å². The van der Waals surface area contributed by atoms with Crippen LogP contribution in [0.1, 0.15) is 28.8 Å². The van der Waals surface area contributed by atoms with Crippen LogP contribution in [-0.4, -0.2) is 31.7 Å². The Bertz CT molecular complexity index is 842. The van der Waals surface area contributed by atoms with Crippen LogP contribution in [0.5, 0.6) is 0 Å². The van der Waals surface area contributed by atoms with E-state index in [2.05, 4.69) is 12.1 Å². The normalized spacial score (nSPS) is 16.6. The van der Waals surface area contributed by atoms with Crippen molar-refractivity contribution < 1.29 is 13.2 Å². The third kappa shape index (κ3) is 3.91. The van der Waals surface area contributed by atoms with Crippen molar-refractivity contribution in [3.63, 3.8) is 0 Å². The number of benzene rings is 2. The van der Waals surface area contributed by atoms with Gasteiger partial charge in [0.2, 0.25) is 15.9 Å². The highest BCUT2D eigenvalue weighted by Crippen LogP contribution is 2.27. The van der Waals surface area contributed by atoms with E-state index in [1.165, 1.54) is 22.0 Å². The summed E-state index contributed by atoms with van der Waals surface area (Å²) < 4.78 is 27.3. The number of rotatable bonds is 5. The van der Waals surface area contributed by atoms with Crippen molar-refractivity contribution in [2.45, 2.75) is 24.2 Å². The number of nitrogens with zero attached hydrogens (tertiary/aromatic N) is 1. The molecular formula is C19H22N2O3S. The first-order chi connectivity index (χ1) is 12.0. The van der Waals surface area contributed by atoms with Gasteiger partial charge in [0.15, 0.2) is 0 Å². The van der Waals surface area contributed by atoms with Gasteiger partial charge in [-0.1, -0.05) is 42.5 Å². The molecule has 0 spiro atoms. The zero-order valence-corrected chi connectivity index (χ0v) is 14.8. The van der Waals surface area contributed by atoms with Crippen molar-refractivity contribution in [3.8, 4) is 0 Å². The predicted molar refractivity (Wildman–Crippen MR) is 96.6 cm³/mol. The molecule has 2 aromatic carbocycles. The van der Waals surface area contributed by atoms with E-state index in [1.54, 1.807) is 12.1 Å². The van der Waals surface area contributed by atoms with Gasteiger partial charge in [0.25, 0.3) is 0 Å². The summed E-state index contributed by atoms with van der Waals surface area (Å²) in [5, 5.41) is 0. The molecule has 5 nitrogen and oxygen atoms in total. The maximum atomic E-state index is 12.9. The molecule has 0 aliphatic carbocycles. The number of carbonyl (C=O) groups is 1. The predicted octanol–water partition coefficient (Wildman–Crippen LogP) is 2.43. The second-order valence-electron chi connectivity index (χ2n) is 6.40. The largest absolute Gasteiger partial charge is 0.366 e. The van der Waals surface area contributed by atoms with Gasteiger partial charge < -0.3 is 5.73 Å². The molecule has 1 heterocycles. The number of primary amides is 1. The van der Waals surface area contributed by atoms with Crippen molar-refractivity contribution in [2.75, 3.05) is 13.1 Å². The molecule has 1 saturated heterocycles. The van der Waals surface area contributed by atoms with Crippen molar-refractivity contribution in [2.24, 2.45) is 11.7 Å². The highest BCUT2D eigenvalue weighted by atomic mass is 32.2. The molecule has 0 saturated carbocycles. The topological polar surface area (TPSA) is 80.5 Å². The lowest BCUT2D eigenvalue weighted by Crippen LogP contribution is -2.39. The summed E-state index contributed by atoms with van der Waals surface area (Å²) in [6.45, 7) is 0.930. The summed E-state index contributed by atoms with van der Waals surface area (Å²) in [5.74, 6) is -0.252. The minimum absolute atomic E-state index is 0.00371. The number of amides is 1. The van der Waals surface area contributed by atoms with Gasteiger partial charge in [0.1, 0.15) is 0 Å². The Balaban J connectivity index is 1.71. The zero-order valence-electron chi connectivity index (χ0n) is 14.0. The molecule has 1 amide bonds. The molecule has 1 aliphatic rings. The lowest BCUT2D eigenvalue weighted by atomic mass is 9.91. The van der Waals surface area contributed by atoms with Crippen LogP contribution in [-0.2, 0) is 16.4 Å². The Kier molecular flexibility index (Phi) is 5.20. The molecule has 2 aromatic rings. The molecule has 0 atom stereocenters. The van der Waals surface area contributed by atoms with E-state index in [0.717, 1.165) is 19.3 Å². The molecular weight excluding hydrogens is 336 g/mol. The number of nitrogens with two attached hydrogens (primary N) is 1. The second-order valence-corrected chi connectivity index (χ2v) is 8.30. The van der Waals surface area contributed by atoms with E-state index in [9.17, 15) is 13.2 Å². The molecule has 6 heteroatoms. The average molecular weight is 358 g/mol. The smallest absolute Gasteiger partial charge is 0.250 e. The summed E-state index contributed by atoms with van der Waals surface area (Å²) in [7, 11) is -3.70. The lowest BCUT2D eigenvalue weighted by molar-refractivity contribution is 0.0997. The van der Waals surface area contributed by atoms with Gasteiger partial charge in [-0.25, -0.2) is 8.42 Å². The van der Waals surface area contributed by atoms with Crippen molar-refractivity contribution in [3.05, 3.63) is 65.7 Å². The molecule has 0 unspecified atom stereocenters. The Hall–Kier alpha value is -2.18. The van der Waals surface area contributed by atoms with Crippen LogP contribution in [0.2, 0.25) is 0 Å². The maximum absolute atomic E-state index is 12.9. The van der Waals surface area contributed by atoms with E-state index in [1.807, 2.05) is 18.2 Å². The minimum atomic E-state index is -3.70. The molecule has 2 N–H and O–H groups in total. The first-order valence-electron chi connectivity index (χ1n) is 8.41. The van der Waals surface area contributed by atoms with Crippen LogP contribution < -0.4 is 5.73 Å². The highest BCUT2D eigenvalue weighted by Gasteiger charge is 2.31. The van der Waals surface area contributed by atoms with Crippen LogP contribution >= 0.6 is 0 Å². The first kappa shape index (κ1) is 17.6. The van der Waals surface area contributed by atoms with Gasteiger partial charge in [-0.3, -0.25) is 4.79 Å². The zero-order chi connectivity index (χ0) is 17.9. The average Bonchev–Trinajstić information content (AvgIpc) is 2.63. The van der Waals surface area contributed by atoms with Gasteiger partial charge in [-0.2, -0.15) is 4.31 Å². The van der Waals surface area contributed by atoms with E-state index in [4.69, 9.17) is 5.73 Å². The molecule has 0 radical (unpaired) electrons. The van der Waals surface area contributed by atoms with E-state index >= 15 is 0 Å². The number of hydrogen-bond acceptors (Lipinski definition) is 3. The SMILES string of the molecule is NC(=O)c1ccccc1S(=O)(=O)N1CCC(Cc2ccccc2)CC1. The Morgan fingerprint density at radius 2 is 1.60 bits per heavy atom. The van der Waals surface area contributed by atoms with Crippen LogP contribution in [0.25, 0.3) is 0 Å². The molecule has 3 rings (SSSR count). The van der Waals surface area contributed by atoms with Gasteiger partial charge in [0.05, 0.1) is 10.5 Å². The summed E-state index contributed by atoms with van der Waals surface area (Å²) in [6, 6.07) is 16.4. The van der Waals surface area contributed by atoms with Crippen LogP contribution in [0, 0.1) is 5.92 Å². The molecule has 132 valence electrons. The summed E-state index contributed by atoms with van der Waals surface area (Å²) in [5.41, 5.74) is 6.66. The molecule has 0 aromatic heterocycles. The number of sulfonamides is 1. The molecule has 1 aliphatic heterocycles. The fourth-order valence-electron chi connectivity index (χ4n) is 3.34. The molecule has 25 heavy (non-hydrogen) atoms. The molecule has 0 bridgehead atoms. The first-order valence-corrected chi connectivity index (χ1v) is 9.85. The van der Waals surface area contributed by atoms with E-state index < -0.39 is 15.9 Å². The number of piperidine rings is 1. The third-order valence-corrected chi connectivity index (χ3v) is 6.67. The standard InChI is InChI=1S/C19H22N2O3S/c20-19(22)17-8-4-5-9-18(17)25(23,24)21-12-10-16(11-13-21)14-15-6-2-1-3-7-15/h1-9,16H,10-14H2,(H2,20,22). The highest BCUT2D eigenvalue weighted by molar-refractivity contribution is 7.89. The number of hydrogen-bond donors (Lipinski definition) is 1. The van der Waals surface area contributed by atoms with Crippen molar-refractivity contribution >= 4 is 15.9 Å². The van der Waals surface area contributed by atoms with Gasteiger partial charge in [-0.15, -0.1) is 0 Å². The quantitative estimate of drug-likeness (QED) is 0.891. The summed E-state index contributed by atoms with van der Waals surface area (Å²) in [4.78, 5) is 11.5. The van der Waals surface area contributed by atoms with Crippen LogP contribution in [0.3, 0.4) is 0 Å². The minimum Gasteiger partial charge on any atom is -0.366 e. The van der Waals surface area contributed by atoms with Gasteiger partial charge in [0, 0.05) is 13.1 Å².